The molecule has 1 aliphatic heterocycles. The van der Waals surface area contributed by atoms with Crippen molar-refractivity contribution in [3.63, 3.8) is 0 Å². The Morgan fingerprint density at radius 2 is 1.97 bits per heavy atom. The molecule has 0 atom stereocenters. The lowest BCUT2D eigenvalue weighted by Gasteiger charge is -2.17. The highest BCUT2D eigenvalue weighted by atomic mass is 35.5. The first-order valence-electron chi connectivity index (χ1n) is 8.88. The van der Waals surface area contributed by atoms with Crippen molar-refractivity contribution < 1.29 is 18.0 Å². The molecule has 0 bridgehead atoms. The molecule has 0 fully saturated rings. The van der Waals surface area contributed by atoms with Crippen LogP contribution in [0, 0.1) is 0 Å². The minimum Gasteiger partial charge on any atom is -0.415 e. The number of benzene rings is 2. The van der Waals surface area contributed by atoms with E-state index in [0.29, 0.717) is 28.5 Å². The molecule has 1 aliphatic rings. The predicted molar refractivity (Wildman–Crippen MR) is 104 cm³/mol. The molecular weight excluding hydrogens is 416 g/mol. The molecular formula is C20H12ClF2N5O2. The van der Waals surface area contributed by atoms with E-state index >= 15 is 0 Å². The van der Waals surface area contributed by atoms with Gasteiger partial charge in [0.15, 0.2) is 0 Å². The van der Waals surface area contributed by atoms with Crippen molar-refractivity contribution in [1.29, 1.82) is 0 Å². The second-order valence-electron chi connectivity index (χ2n) is 6.59. The molecule has 0 unspecified atom stereocenters. The second-order valence-corrected chi connectivity index (χ2v) is 7.03. The standard InChI is InChI=1S/C20H12ClF2N5O2/c21-13-2-1-3-14(9-13)28-16(6-7-24-28)27-10-12-5-4-11(8-15(12)20(27)29)18-25-26-19(30-18)17(22)23/h1-9,17H,10H2. The monoisotopic (exact) mass is 427 g/mol. The fourth-order valence-corrected chi connectivity index (χ4v) is 3.55. The van der Waals surface area contributed by atoms with E-state index in [9.17, 15) is 13.6 Å². The Hall–Kier alpha value is -3.59. The SMILES string of the molecule is O=C1c2cc(-c3nnc(C(F)F)o3)ccc2CN1c1ccnn1-c1cccc(Cl)c1. The van der Waals surface area contributed by atoms with Crippen LogP contribution in [0.2, 0.25) is 5.02 Å². The van der Waals surface area contributed by atoms with Crippen LogP contribution in [0.25, 0.3) is 17.1 Å². The Kier molecular flexibility index (Phi) is 4.32. The third-order valence-corrected chi connectivity index (χ3v) is 4.98. The van der Waals surface area contributed by atoms with E-state index in [4.69, 9.17) is 16.0 Å². The van der Waals surface area contributed by atoms with Crippen LogP contribution in [-0.4, -0.2) is 25.9 Å². The van der Waals surface area contributed by atoms with Crippen LogP contribution in [0.1, 0.15) is 28.2 Å². The number of carbonyl (C=O) groups excluding carboxylic acids is 1. The van der Waals surface area contributed by atoms with Gasteiger partial charge in [-0.1, -0.05) is 23.7 Å². The molecule has 0 N–H and O–H groups in total. The normalized spacial score (nSPS) is 13.3. The third kappa shape index (κ3) is 3.03. The summed E-state index contributed by atoms with van der Waals surface area (Å²) < 4.78 is 32.0. The molecule has 4 aromatic rings. The van der Waals surface area contributed by atoms with Gasteiger partial charge in [-0.15, -0.1) is 10.2 Å². The number of hydrogen-bond donors (Lipinski definition) is 0. The predicted octanol–water partition coefficient (Wildman–Crippen LogP) is 4.67. The number of alkyl halides is 2. The van der Waals surface area contributed by atoms with Gasteiger partial charge >= 0.3 is 6.43 Å². The summed E-state index contributed by atoms with van der Waals surface area (Å²) in [5.41, 5.74) is 2.34. The van der Waals surface area contributed by atoms with E-state index in [2.05, 4.69) is 15.3 Å². The number of nitrogens with zero attached hydrogens (tertiary/aromatic N) is 5. The smallest absolute Gasteiger partial charge is 0.314 e. The van der Waals surface area contributed by atoms with E-state index in [1.807, 2.05) is 6.07 Å². The Morgan fingerprint density at radius 1 is 1.10 bits per heavy atom. The number of aromatic nitrogens is 4. The number of carbonyl (C=O) groups is 1. The number of rotatable bonds is 4. The van der Waals surface area contributed by atoms with Gasteiger partial charge in [0.2, 0.25) is 5.89 Å². The maximum Gasteiger partial charge on any atom is 0.314 e. The van der Waals surface area contributed by atoms with Gasteiger partial charge in [-0.3, -0.25) is 9.69 Å². The quantitative estimate of drug-likeness (QED) is 0.473. The minimum atomic E-state index is -2.86. The maximum absolute atomic E-state index is 13.1. The second kappa shape index (κ2) is 7.03. The van der Waals surface area contributed by atoms with E-state index < -0.39 is 12.3 Å². The minimum absolute atomic E-state index is 0.0664. The van der Waals surface area contributed by atoms with Crippen LogP contribution >= 0.6 is 11.6 Å². The average Bonchev–Trinajstić information content (AvgIpc) is 3.46. The summed E-state index contributed by atoms with van der Waals surface area (Å²) in [6, 6.07) is 13.8. The summed E-state index contributed by atoms with van der Waals surface area (Å²) in [4.78, 5) is 14.7. The van der Waals surface area contributed by atoms with Gasteiger partial charge in [-0.2, -0.15) is 13.9 Å². The lowest BCUT2D eigenvalue weighted by molar-refractivity contribution is 0.0995. The van der Waals surface area contributed by atoms with Crippen LogP contribution in [0.5, 0.6) is 0 Å². The van der Waals surface area contributed by atoms with E-state index in [1.165, 1.54) is 0 Å². The topological polar surface area (TPSA) is 77.1 Å². The zero-order valence-electron chi connectivity index (χ0n) is 15.2. The molecule has 30 heavy (non-hydrogen) atoms. The lowest BCUT2D eigenvalue weighted by atomic mass is 10.1. The maximum atomic E-state index is 13.1. The summed E-state index contributed by atoms with van der Waals surface area (Å²) in [5.74, 6) is -0.491. The third-order valence-electron chi connectivity index (χ3n) is 4.74. The van der Waals surface area contributed by atoms with E-state index in [0.717, 1.165) is 11.3 Å². The van der Waals surface area contributed by atoms with Gasteiger partial charge in [0, 0.05) is 22.2 Å². The number of anilines is 1. The highest BCUT2D eigenvalue weighted by Gasteiger charge is 2.31. The van der Waals surface area contributed by atoms with Gasteiger partial charge < -0.3 is 4.42 Å². The molecule has 10 heteroatoms. The Balaban J connectivity index is 1.49. The first kappa shape index (κ1) is 18.4. The molecule has 0 spiro atoms. The Bertz CT molecular complexity index is 1270. The molecule has 3 heterocycles. The van der Waals surface area contributed by atoms with Crippen LogP contribution in [0.3, 0.4) is 0 Å². The molecule has 150 valence electrons. The Labute approximate surface area is 173 Å². The van der Waals surface area contributed by atoms with Crippen LogP contribution in [0.15, 0.2) is 59.1 Å². The first-order chi connectivity index (χ1) is 14.5. The number of amides is 1. The highest BCUT2D eigenvalue weighted by molar-refractivity contribution is 6.30. The summed E-state index contributed by atoms with van der Waals surface area (Å²) in [6.07, 6.45) is -1.26. The van der Waals surface area contributed by atoms with Gasteiger partial charge in [-0.05, 0) is 35.9 Å². The van der Waals surface area contributed by atoms with Gasteiger partial charge in [0.1, 0.15) is 5.82 Å². The molecule has 2 aromatic heterocycles. The van der Waals surface area contributed by atoms with Crippen molar-refractivity contribution in [2.24, 2.45) is 0 Å². The Morgan fingerprint density at radius 3 is 2.73 bits per heavy atom. The van der Waals surface area contributed by atoms with Crippen molar-refractivity contribution in [3.05, 3.63) is 76.8 Å². The molecule has 0 radical (unpaired) electrons. The number of halogens is 3. The van der Waals surface area contributed by atoms with E-state index in [1.54, 1.807) is 58.2 Å². The summed E-state index contributed by atoms with van der Waals surface area (Å²) >= 11 is 6.08. The van der Waals surface area contributed by atoms with Crippen LogP contribution < -0.4 is 4.90 Å². The average molecular weight is 428 g/mol. The number of hydrogen-bond acceptors (Lipinski definition) is 5. The highest BCUT2D eigenvalue weighted by Crippen LogP contribution is 2.33. The molecule has 5 rings (SSSR count). The summed E-state index contributed by atoms with van der Waals surface area (Å²) in [6.45, 7) is 0.340. The molecule has 0 aliphatic carbocycles. The fraction of sp³-hybridized carbons (Fsp3) is 0.100. The van der Waals surface area contributed by atoms with Gasteiger partial charge in [0.25, 0.3) is 11.8 Å². The van der Waals surface area contributed by atoms with Gasteiger partial charge in [-0.25, -0.2) is 4.68 Å². The number of fused-ring (bicyclic) bond motifs is 1. The van der Waals surface area contributed by atoms with Crippen molar-refractivity contribution in [2.75, 3.05) is 4.90 Å². The first-order valence-corrected chi connectivity index (χ1v) is 9.26. The molecule has 2 aromatic carbocycles. The fourth-order valence-electron chi connectivity index (χ4n) is 3.37. The van der Waals surface area contributed by atoms with E-state index in [-0.39, 0.29) is 11.8 Å². The van der Waals surface area contributed by atoms with Crippen molar-refractivity contribution in [2.45, 2.75) is 13.0 Å². The molecule has 0 saturated carbocycles. The molecule has 0 saturated heterocycles. The van der Waals surface area contributed by atoms with Crippen molar-refractivity contribution in [3.8, 4) is 17.1 Å². The molecule has 1 amide bonds. The van der Waals surface area contributed by atoms with Crippen LogP contribution in [0.4, 0.5) is 14.6 Å². The van der Waals surface area contributed by atoms with Gasteiger partial charge in [0.05, 0.1) is 18.4 Å². The van der Waals surface area contributed by atoms with Crippen LogP contribution in [-0.2, 0) is 6.54 Å². The summed E-state index contributed by atoms with van der Waals surface area (Å²) in [5, 5.41) is 11.8. The zero-order valence-corrected chi connectivity index (χ0v) is 15.9. The largest absolute Gasteiger partial charge is 0.415 e. The van der Waals surface area contributed by atoms with Crippen molar-refractivity contribution in [1.82, 2.24) is 20.0 Å². The lowest BCUT2D eigenvalue weighted by Crippen LogP contribution is -2.25. The molecule has 7 nitrogen and oxygen atoms in total. The summed E-state index contributed by atoms with van der Waals surface area (Å²) in [7, 11) is 0. The van der Waals surface area contributed by atoms with Crippen molar-refractivity contribution >= 4 is 23.3 Å². The zero-order chi connectivity index (χ0) is 20.8.